The highest BCUT2D eigenvalue weighted by atomic mass is 16.4. The van der Waals surface area contributed by atoms with Crippen LogP contribution in [0.3, 0.4) is 0 Å². The minimum atomic E-state index is -0.715. The van der Waals surface area contributed by atoms with Crippen LogP contribution in [0.2, 0.25) is 0 Å². The van der Waals surface area contributed by atoms with Crippen LogP contribution in [0.1, 0.15) is 62.5 Å². The van der Waals surface area contributed by atoms with Gasteiger partial charge in [-0.3, -0.25) is 9.59 Å². The molecule has 0 aromatic heterocycles. The molecule has 0 aliphatic carbocycles. The summed E-state index contributed by atoms with van der Waals surface area (Å²) in [6, 6.07) is 8.57. The van der Waals surface area contributed by atoms with E-state index in [9.17, 15) is 9.59 Å². The van der Waals surface area contributed by atoms with Gasteiger partial charge in [0.2, 0.25) is 0 Å². The second kappa shape index (κ2) is 10.8. The second-order valence-electron chi connectivity index (χ2n) is 5.73. The van der Waals surface area contributed by atoms with Crippen molar-refractivity contribution in [1.29, 1.82) is 0 Å². The smallest absolute Gasteiger partial charge is 0.303 e. The number of carboxylic acids is 2. The fourth-order valence-corrected chi connectivity index (χ4v) is 2.44. The van der Waals surface area contributed by atoms with Gasteiger partial charge in [-0.05, 0) is 49.7 Å². The summed E-state index contributed by atoms with van der Waals surface area (Å²) in [4.78, 5) is 20.8. The minimum absolute atomic E-state index is 0.265. The topological polar surface area (TPSA) is 74.6 Å². The zero-order chi connectivity index (χ0) is 16.2. The predicted molar refractivity (Wildman–Crippen MR) is 86.1 cm³/mol. The predicted octanol–water partition coefficient (Wildman–Crippen LogP) is 4.06. The molecule has 1 aromatic carbocycles. The molecule has 0 heterocycles. The molecule has 0 saturated heterocycles. The number of rotatable bonds is 12. The molecule has 0 aliphatic rings. The molecule has 22 heavy (non-hydrogen) atoms. The van der Waals surface area contributed by atoms with Crippen LogP contribution < -0.4 is 0 Å². The lowest BCUT2D eigenvalue weighted by Crippen LogP contribution is -1.95. The maximum Gasteiger partial charge on any atom is 0.303 e. The van der Waals surface area contributed by atoms with Gasteiger partial charge in [0, 0.05) is 12.8 Å². The number of aryl methyl sites for hydroxylation is 2. The van der Waals surface area contributed by atoms with Gasteiger partial charge < -0.3 is 10.2 Å². The lowest BCUT2D eigenvalue weighted by molar-refractivity contribution is -0.138. The average Bonchev–Trinajstić information content (AvgIpc) is 2.47. The quantitative estimate of drug-likeness (QED) is 0.571. The van der Waals surface area contributed by atoms with E-state index in [0.717, 1.165) is 51.4 Å². The minimum Gasteiger partial charge on any atom is -0.481 e. The molecule has 0 spiro atoms. The number of carboxylic acid groups (broad SMARTS) is 2. The summed E-state index contributed by atoms with van der Waals surface area (Å²) >= 11 is 0. The molecule has 122 valence electrons. The molecular formula is C18H26O4. The zero-order valence-electron chi connectivity index (χ0n) is 13.1. The van der Waals surface area contributed by atoms with Crippen molar-refractivity contribution in [3.05, 3.63) is 35.4 Å². The molecule has 0 aliphatic heterocycles. The van der Waals surface area contributed by atoms with E-state index in [1.54, 1.807) is 0 Å². The highest BCUT2D eigenvalue weighted by Crippen LogP contribution is 2.12. The molecule has 0 atom stereocenters. The molecule has 0 amide bonds. The molecule has 0 radical (unpaired) electrons. The molecule has 0 bridgehead atoms. The monoisotopic (exact) mass is 306 g/mol. The van der Waals surface area contributed by atoms with Crippen molar-refractivity contribution in [3.8, 4) is 0 Å². The third kappa shape index (κ3) is 9.16. The van der Waals surface area contributed by atoms with E-state index in [-0.39, 0.29) is 12.8 Å². The van der Waals surface area contributed by atoms with Crippen molar-refractivity contribution >= 4 is 11.9 Å². The normalized spacial score (nSPS) is 10.5. The van der Waals surface area contributed by atoms with Crippen molar-refractivity contribution in [3.63, 3.8) is 0 Å². The Bertz CT molecular complexity index is 408. The Morgan fingerprint density at radius 1 is 0.636 bits per heavy atom. The number of hydrogen-bond donors (Lipinski definition) is 2. The van der Waals surface area contributed by atoms with E-state index in [1.165, 1.54) is 11.1 Å². The van der Waals surface area contributed by atoms with Crippen molar-refractivity contribution in [2.45, 2.75) is 64.2 Å². The largest absolute Gasteiger partial charge is 0.481 e. The molecule has 0 saturated carbocycles. The van der Waals surface area contributed by atoms with Crippen LogP contribution in [-0.4, -0.2) is 22.2 Å². The van der Waals surface area contributed by atoms with Crippen molar-refractivity contribution in [1.82, 2.24) is 0 Å². The summed E-state index contributed by atoms with van der Waals surface area (Å²) in [5.74, 6) is -1.43. The third-order valence-electron chi connectivity index (χ3n) is 3.74. The first kappa shape index (κ1) is 18.2. The summed E-state index contributed by atoms with van der Waals surface area (Å²) in [7, 11) is 0. The first-order chi connectivity index (χ1) is 10.6. The van der Waals surface area contributed by atoms with Crippen LogP contribution in [-0.2, 0) is 22.4 Å². The Kier molecular flexibility index (Phi) is 8.96. The standard InChI is InChI=1S/C18H26O4/c19-17(20)9-5-1-3-7-15-11-13-16(14-12-15)8-4-2-6-10-18(21)22/h11-14H,1-10H2,(H,19,20)(H,21,22). The number of benzene rings is 1. The van der Waals surface area contributed by atoms with Gasteiger partial charge in [0.15, 0.2) is 0 Å². The van der Waals surface area contributed by atoms with Gasteiger partial charge >= 0.3 is 11.9 Å². The Morgan fingerprint density at radius 3 is 1.32 bits per heavy atom. The fourth-order valence-electron chi connectivity index (χ4n) is 2.44. The van der Waals surface area contributed by atoms with Gasteiger partial charge in [-0.2, -0.15) is 0 Å². The first-order valence-corrected chi connectivity index (χ1v) is 8.09. The average molecular weight is 306 g/mol. The number of hydrogen-bond acceptors (Lipinski definition) is 2. The second-order valence-corrected chi connectivity index (χ2v) is 5.73. The van der Waals surface area contributed by atoms with Gasteiger partial charge in [0.05, 0.1) is 0 Å². The number of unbranched alkanes of at least 4 members (excludes halogenated alkanes) is 4. The van der Waals surface area contributed by atoms with Gasteiger partial charge in [0.1, 0.15) is 0 Å². The summed E-state index contributed by atoms with van der Waals surface area (Å²) in [6.45, 7) is 0. The third-order valence-corrected chi connectivity index (χ3v) is 3.74. The molecule has 4 heteroatoms. The lowest BCUT2D eigenvalue weighted by Gasteiger charge is -2.04. The number of carbonyl (C=O) groups is 2. The van der Waals surface area contributed by atoms with Crippen molar-refractivity contribution in [2.24, 2.45) is 0 Å². The van der Waals surface area contributed by atoms with E-state index in [4.69, 9.17) is 10.2 Å². The Labute approximate surface area is 132 Å². The number of aliphatic carboxylic acids is 2. The van der Waals surface area contributed by atoms with Gasteiger partial charge in [-0.25, -0.2) is 0 Å². The highest BCUT2D eigenvalue weighted by molar-refractivity contribution is 5.66. The lowest BCUT2D eigenvalue weighted by atomic mass is 10.0. The Morgan fingerprint density at radius 2 is 1.00 bits per heavy atom. The summed E-state index contributed by atoms with van der Waals surface area (Å²) in [6.07, 6.45) is 8.01. The Hall–Kier alpha value is -1.84. The zero-order valence-corrected chi connectivity index (χ0v) is 13.1. The van der Waals surface area contributed by atoms with Crippen LogP contribution >= 0.6 is 0 Å². The summed E-state index contributed by atoms with van der Waals surface area (Å²) in [5, 5.41) is 17.1. The molecule has 4 nitrogen and oxygen atoms in total. The Balaban J connectivity index is 2.14. The van der Waals surface area contributed by atoms with E-state index in [1.807, 2.05) is 0 Å². The fraction of sp³-hybridized carbons (Fsp3) is 0.556. The van der Waals surface area contributed by atoms with Crippen LogP contribution in [0, 0.1) is 0 Å². The first-order valence-electron chi connectivity index (χ1n) is 8.09. The molecular weight excluding hydrogens is 280 g/mol. The van der Waals surface area contributed by atoms with Gasteiger partial charge in [0.25, 0.3) is 0 Å². The molecule has 1 rings (SSSR count). The highest BCUT2D eigenvalue weighted by Gasteiger charge is 2.00. The molecule has 0 fully saturated rings. The van der Waals surface area contributed by atoms with E-state index < -0.39 is 11.9 Å². The van der Waals surface area contributed by atoms with E-state index >= 15 is 0 Å². The molecule has 2 N–H and O–H groups in total. The molecule has 1 aromatic rings. The van der Waals surface area contributed by atoms with E-state index in [0.29, 0.717) is 0 Å². The van der Waals surface area contributed by atoms with Crippen molar-refractivity contribution < 1.29 is 19.8 Å². The van der Waals surface area contributed by atoms with Crippen LogP contribution in [0.15, 0.2) is 24.3 Å². The van der Waals surface area contributed by atoms with Crippen molar-refractivity contribution in [2.75, 3.05) is 0 Å². The van der Waals surface area contributed by atoms with Crippen LogP contribution in [0.5, 0.6) is 0 Å². The maximum absolute atomic E-state index is 10.4. The van der Waals surface area contributed by atoms with Crippen LogP contribution in [0.25, 0.3) is 0 Å². The van der Waals surface area contributed by atoms with Crippen LogP contribution in [0.4, 0.5) is 0 Å². The SMILES string of the molecule is O=C(O)CCCCCc1ccc(CCCCCC(=O)O)cc1. The molecule has 0 unspecified atom stereocenters. The van der Waals surface area contributed by atoms with E-state index in [2.05, 4.69) is 24.3 Å². The summed E-state index contributed by atoms with van der Waals surface area (Å²) in [5.41, 5.74) is 2.59. The van der Waals surface area contributed by atoms with Gasteiger partial charge in [-0.15, -0.1) is 0 Å². The summed E-state index contributed by atoms with van der Waals surface area (Å²) < 4.78 is 0. The van der Waals surface area contributed by atoms with Gasteiger partial charge in [-0.1, -0.05) is 37.1 Å². The maximum atomic E-state index is 10.4.